The highest BCUT2D eigenvalue weighted by Gasteiger charge is 2.33. The van der Waals surface area contributed by atoms with Gasteiger partial charge in [0.05, 0.1) is 30.2 Å². The third kappa shape index (κ3) is 3.02. The Kier molecular flexibility index (Phi) is 4.50. The van der Waals surface area contributed by atoms with Crippen LogP contribution in [0.15, 0.2) is 23.1 Å². The lowest BCUT2D eigenvalue weighted by Gasteiger charge is -2.23. The van der Waals surface area contributed by atoms with Gasteiger partial charge < -0.3 is 15.2 Å². The van der Waals surface area contributed by atoms with Gasteiger partial charge in [-0.25, -0.2) is 13.2 Å². The van der Waals surface area contributed by atoms with Crippen LogP contribution in [0.5, 0.6) is 0 Å². The molecular formula is C13H18N2O5S. The fraction of sp³-hybridized carbons (Fsp3) is 0.462. The maximum Gasteiger partial charge on any atom is 0.339 e. The fourth-order valence-corrected chi connectivity index (χ4v) is 3.73. The molecule has 0 bridgehead atoms. The van der Waals surface area contributed by atoms with Crippen LogP contribution in [0.4, 0.5) is 5.69 Å². The summed E-state index contributed by atoms with van der Waals surface area (Å²) in [5.74, 6) is -0.739. The van der Waals surface area contributed by atoms with Crippen molar-refractivity contribution >= 4 is 21.7 Å². The van der Waals surface area contributed by atoms with E-state index in [2.05, 4.69) is 4.74 Å². The van der Waals surface area contributed by atoms with Crippen molar-refractivity contribution in [3.63, 3.8) is 0 Å². The number of nitrogen functional groups attached to an aromatic ring is 1. The van der Waals surface area contributed by atoms with Crippen molar-refractivity contribution in [3.8, 4) is 0 Å². The first-order valence-electron chi connectivity index (χ1n) is 6.41. The first-order valence-corrected chi connectivity index (χ1v) is 7.85. The molecule has 1 unspecified atom stereocenters. The first-order chi connectivity index (χ1) is 9.87. The monoisotopic (exact) mass is 314 g/mol. The van der Waals surface area contributed by atoms with E-state index < -0.39 is 16.0 Å². The van der Waals surface area contributed by atoms with Crippen LogP contribution in [-0.2, 0) is 19.5 Å². The summed E-state index contributed by atoms with van der Waals surface area (Å²) >= 11 is 0. The second-order valence-corrected chi connectivity index (χ2v) is 6.75. The molecule has 21 heavy (non-hydrogen) atoms. The second-order valence-electron chi connectivity index (χ2n) is 4.79. The molecule has 7 nitrogen and oxygen atoms in total. The summed E-state index contributed by atoms with van der Waals surface area (Å²) in [6.07, 6.45) is 0.623. The lowest BCUT2D eigenvalue weighted by Crippen LogP contribution is -2.38. The number of ether oxygens (including phenoxy) is 2. The molecule has 1 heterocycles. The number of methoxy groups -OCH3 is 1. The Balaban J connectivity index is 2.46. The molecule has 116 valence electrons. The van der Waals surface area contributed by atoms with Crippen LogP contribution in [0.3, 0.4) is 0 Å². The molecule has 8 heteroatoms. The summed E-state index contributed by atoms with van der Waals surface area (Å²) in [5, 5.41) is 0. The van der Waals surface area contributed by atoms with E-state index in [1.165, 1.54) is 36.7 Å². The molecule has 0 radical (unpaired) electrons. The van der Waals surface area contributed by atoms with Crippen molar-refractivity contribution in [2.24, 2.45) is 0 Å². The standard InChI is InChI=1S/C13H18N2O5S/c1-15(10-5-6-20-8-10)21(17,18)12-4-3-9(14)7-11(12)13(16)19-2/h3-4,7,10H,5-6,8,14H2,1-2H3. The Hall–Kier alpha value is -1.64. The number of esters is 1. The van der Waals surface area contributed by atoms with Gasteiger partial charge in [0.2, 0.25) is 10.0 Å². The maximum atomic E-state index is 12.7. The van der Waals surface area contributed by atoms with Crippen LogP contribution in [0.1, 0.15) is 16.8 Å². The van der Waals surface area contributed by atoms with Gasteiger partial charge in [-0.3, -0.25) is 0 Å². The van der Waals surface area contributed by atoms with E-state index in [9.17, 15) is 13.2 Å². The second kappa shape index (κ2) is 6.00. The van der Waals surface area contributed by atoms with Crippen LogP contribution in [0.25, 0.3) is 0 Å². The molecule has 1 fully saturated rings. The lowest BCUT2D eigenvalue weighted by molar-refractivity contribution is 0.0596. The summed E-state index contributed by atoms with van der Waals surface area (Å²) in [4.78, 5) is 11.7. The quantitative estimate of drug-likeness (QED) is 0.640. The summed E-state index contributed by atoms with van der Waals surface area (Å²) in [6.45, 7) is 0.869. The van der Waals surface area contributed by atoms with Crippen molar-refractivity contribution in [3.05, 3.63) is 23.8 Å². The Bertz CT molecular complexity index is 638. The zero-order chi connectivity index (χ0) is 15.6. The normalized spacial score (nSPS) is 18.9. The molecule has 1 saturated heterocycles. The molecule has 1 aromatic rings. The highest BCUT2D eigenvalue weighted by molar-refractivity contribution is 7.89. The number of nitrogens with two attached hydrogens (primary N) is 1. The summed E-state index contributed by atoms with van der Waals surface area (Å²) in [5.41, 5.74) is 5.85. The van der Waals surface area contributed by atoms with E-state index in [4.69, 9.17) is 10.5 Å². The molecular weight excluding hydrogens is 296 g/mol. The van der Waals surface area contributed by atoms with E-state index >= 15 is 0 Å². The average Bonchev–Trinajstić information content (AvgIpc) is 2.99. The number of sulfonamides is 1. The van der Waals surface area contributed by atoms with E-state index in [0.29, 0.717) is 25.3 Å². The maximum absolute atomic E-state index is 12.7. The number of rotatable bonds is 4. The van der Waals surface area contributed by atoms with Gasteiger partial charge in [0, 0.05) is 19.3 Å². The third-order valence-corrected chi connectivity index (χ3v) is 5.45. The fourth-order valence-electron chi connectivity index (χ4n) is 2.20. The highest BCUT2D eigenvalue weighted by Crippen LogP contribution is 2.25. The van der Waals surface area contributed by atoms with Crippen LogP contribution in [0.2, 0.25) is 0 Å². The Morgan fingerprint density at radius 1 is 1.48 bits per heavy atom. The van der Waals surface area contributed by atoms with E-state index in [0.717, 1.165) is 0 Å². The van der Waals surface area contributed by atoms with Crippen LogP contribution in [0, 0.1) is 0 Å². The van der Waals surface area contributed by atoms with Crippen LogP contribution < -0.4 is 5.73 Å². The molecule has 0 saturated carbocycles. The van der Waals surface area contributed by atoms with Crippen LogP contribution >= 0.6 is 0 Å². The van der Waals surface area contributed by atoms with Gasteiger partial charge >= 0.3 is 5.97 Å². The molecule has 0 aliphatic carbocycles. The Morgan fingerprint density at radius 2 is 2.19 bits per heavy atom. The number of anilines is 1. The number of carbonyl (C=O) groups is 1. The highest BCUT2D eigenvalue weighted by atomic mass is 32.2. The molecule has 0 spiro atoms. The van der Waals surface area contributed by atoms with Gasteiger partial charge in [-0.1, -0.05) is 0 Å². The molecule has 2 rings (SSSR count). The minimum absolute atomic E-state index is 0.0664. The molecule has 1 atom stereocenters. The van der Waals surface area contributed by atoms with Gasteiger partial charge in [-0.15, -0.1) is 0 Å². The largest absolute Gasteiger partial charge is 0.465 e. The van der Waals surface area contributed by atoms with Gasteiger partial charge in [0.15, 0.2) is 0 Å². The number of hydrogen-bond donors (Lipinski definition) is 1. The number of nitrogens with zero attached hydrogens (tertiary/aromatic N) is 1. The van der Waals surface area contributed by atoms with Crippen LogP contribution in [-0.4, -0.2) is 52.1 Å². The van der Waals surface area contributed by atoms with Crippen molar-refractivity contribution in [1.82, 2.24) is 4.31 Å². The van der Waals surface area contributed by atoms with Crippen molar-refractivity contribution in [1.29, 1.82) is 0 Å². The zero-order valence-electron chi connectivity index (χ0n) is 11.9. The number of hydrogen-bond acceptors (Lipinski definition) is 6. The Labute approximate surface area is 123 Å². The molecule has 0 aromatic heterocycles. The van der Waals surface area contributed by atoms with E-state index in [-0.39, 0.29) is 16.5 Å². The van der Waals surface area contributed by atoms with Crippen molar-refractivity contribution in [2.45, 2.75) is 17.4 Å². The van der Waals surface area contributed by atoms with E-state index in [1.807, 2.05) is 0 Å². The molecule has 1 aliphatic heterocycles. The van der Waals surface area contributed by atoms with Gasteiger partial charge in [0.1, 0.15) is 0 Å². The molecule has 1 aliphatic rings. The van der Waals surface area contributed by atoms with Crippen molar-refractivity contribution in [2.75, 3.05) is 33.1 Å². The minimum atomic E-state index is -3.83. The summed E-state index contributed by atoms with van der Waals surface area (Å²) in [7, 11) is -1.16. The molecule has 2 N–H and O–H groups in total. The predicted octanol–water partition coefficient (Wildman–Crippen LogP) is 0.465. The minimum Gasteiger partial charge on any atom is -0.465 e. The Morgan fingerprint density at radius 3 is 2.76 bits per heavy atom. The van der Waals surface area contributed by atoms with Crippen molar-refractivity contribution < 1.29 is 22.7 Å². The number of benzene rings is 1. The third-order valence-electron chi connectivity index (χ3n) is 3.49. The molecule has 0 amide bonds. The predicted molar refractivity (Wildman–Crippen MR) is 76.4 cm³/mol. The first kappa shape index (κ1) is 15.7. The smallest absolute Gasteiger partial charge is 0.339 e. The summed E-state index contributed by atoms with van der Waals surface area (Å²) < 4.78 is 36.5. The van der Waals surface area contributed by atoms with Gasteiger partial charge in [-0.2, -0.15) is 4.31 Å². The number of carbonyl (C=O) groups excluding carboxylic acids is 1. The number of likely N-dealkylation sites (N-methyl/N-ethyl adjacent to an activating group) is 1. The SMILES string of the molecule is COC(=O)c1cc(N)ccc1S(=O)(=O)N(C)C1CCOC1. The van der Waals surface area contributed by atoms with Gasteiger partial charge in [0.25, 0.3) is 0 Å². The zero-order valence-corrected chi connectivity index (χ0v) is 12.7. The molecule has 1 aromatic carbocycles. The van der Waals surface area contributed by atoms with Gasteiger partial charge in [-0.05, 0) is 24.6 Å². The lowest BCUT2D eigenvalue weighted by atomic mass is 10.2. The van der Waals surface area contributed by atoms with E-state index in [1.54, 1.807) is 0 Å². The summed E-state index contributed by atoms with van der Waals surface area (Å²) in [6, 6.07) is 3.83. The topological polar surface area (TPSA) is 98.9 Å². The average molecular weight is 314 g/mol.